The van der Waals surface area contributed by atoms with E-state index in [1.54, 1.807) is 24.5 Å². The van der Waals surface area contributed by atoms with Crippen molar-refractivity contribution in [3.63, 3.8) is 0 Å². The quantitative estimate of drug-likeness (QED) is 0.671. The molecule has 2 heterocycles. The van der Waals surface area contributed by atoms with Crippen molar-refractivity contribution in [3.05, 3.63) is 53.6 Å². The van der Waals surface area contributed by atoms with E-state index in [1.807, 2.05) is 19.1 Å². The van der Waals surface area contributed by atoms with Crippen LogP contribution in [0.4, 0.5) is 0 Å². The van der Waals surface area contributed by atoms with E-state index >= 15 is 0 Å². The maximum absolute atomic E-state index is 11.7. The second-order valence-electron chi connectivity index (χ2n) is 4.98. The average molecular weight is 300 g/mol. The van der Waals surface area contributed by atoms with Gasteiger partial charge in [0.25, 0.3) is 0 Å². The van der Waals surface area contributed by atoms with Gasteiger partial charge in [-0.15, -0.1) is 0 Å². The summed E-state index contributed by atoms with van der Waals surface area (Å²) >= 11 is 0. The van der Waals surface area contributed by atoms with E-state index in [1.165, 1.54) is 0 Å². The molecule has 22 heavy (non-hydrogen) atoms. The highest BCUT2D eigenvalue weighted by molar-refractivity contribution is 5.76. The lowest BCUT2D eigenvalue weighted by Crippen LogP contribution is -2.27. The van der Waals surface area contributed by atoms with Crippen LogP contribution in [-0.4, -0.2) is 27.5 Å². The van der Waals surface area contributed by atoms with Gasteiger partial charge in [-0.2, -0.15) is 0 Å². The largest absolute Gasteiger partial charge is 0.506 e. The van der Waals surface area contributed by atoms with Crippen LogP contribution in [0.5, 0.6) is 5.75 Å². The van der Waals surface area contributed by atoms with Crippen molar-refractivity contribution in [2.75, 3.05) is 6.54 Å². The summed E-state index contributed by atoms with van der Waals surface area (Å²) in [4.78, 5) is 20.0. The van der Waals surface area contributed by atoms with Crippen molar-refractivity contribution >= 4 is 5.91 Å². The van der Waals surface area contributed by atoms with Crippen LogP contribution in [-0.2, 0) is 17.9 Å². The fourth-order valence-corrected chi connectivity index (χ4v) is 1.93. The number of carbonyl (C=O) groups is 1. The van der Waals surface area contributed by atoms with Crippen LogP contribution in [0.25, 0.3) is 0 Å². The predicted octanol–water partition coefficient (Wildman–Crippen LogP) is 1.29. The predicted molar refractivity (Wildman–Crippen MR) is 83.0 cm³/mol. The molecule has 3 N–H and O–H groups in total. The van der Waals surface area contributed by atoms with Crippen LogP contribution in [0.1, 0.15) is 23.4 Å². The molecule has 0 bridgehead atoms. The maximum Gasteiger partial charge on any atom is 0.221 e. The number of pyridine rings is 2. The minimum atomic E-state index is -0.0298. The standard InChI is InChI=1S/C16H20N4O2/c1-12-4-5-15(21)14(20-12)11-18-8-6-16(22)19-10-13-3-2-7-17-9-13/h2-5,7,9,18,21H,6,8,10-11H2,1H3,(H,19,22). The molecule has 0 atom stereocenters. The maximum atomic E-state index is 11.7. The summed E-state index contributed by atoms with van der Waals surface area (Å²) in [6, 6.07) is 7.13. The zero-order valence-corrected chi connectivity index (χ0v) is 12.5. The number of nitrogens with one attached hydrogen (secondary N) is 2. The number of nitrogens with zero attached hydrogens (tertiary/aromatic N) is 2. The van der Waals surface area contributed by atoms with Gasteiger partial charge in [-0.3, -0.25) is 14.8 Å². The molecule has 116 valence electrons. The number of amides is 1. The Hall–Kier alpha value is -2.47. The van der Waals surface area contributed by atoms with Gasteiger partial charge in [0.05, 0.1) is 5.69 Å². The molecule has 6 heteroatoms. The number of rotatable bonds is 7. The third-order valence-electron chi connectivity index (χ3n) is 3.12. The first-order valence-electron chi connectivity index (χ1n) is 7.17. The van der Waals surface area contributed by atoms with Crippen molar-refractivity contribution in [2.24, 2.45) is 0 Å². The number of aromatic hydroxyl groups is 1. The molecule has 0 spiro atoms. The van der Waals surface area contributed by atoms with Crippen LogP contribution in [0, 0.1) is 6.92 Å². The second-order valence-corrected chi connectivity index (χ2v) is 4.98. The lowest BCUT2D eigenvalue weighted by Gasteiger charge is -2.08. The van der Waals surface area contributed by atoms with Gasteiger partial charge < -0.3 is 15.7 Å². The number of hydrogen-bond donors (Lipinski definition) is 3. The zero-order chi connectivity index (χ0) is 15.8. The molecule has 6 nitrogen and oxygen atoms in total. The Kier molecular flexibility index (Phi) is 5.85. The van der Waals surface area contributed by atoms with E-state index < -0.39 is 0 Å². The third kappa shape index (κ3) is 5.14. The van der Waals surface area contributed by atoms with E-state index in [0.717, 1.165) is 11.3 Å². The fraction of sp³-hybridized carbons (Fsp3) is 0.312. The molecule has 2 rings (SSSR count). The topological polar surface area (TPSA) is 87.1 Å². The molecule has 0 saturated heterocycles. The normalized spacial score (nSPS) is 10.4. The van der Waals surface area contributed by atoms with Gasteiger partial charge >= 0.3 is 0 Å². The molecule has 0 aromatic carbocycles. The molecule has 0 unspecified atom stereocenters. The minimum absolute atomic E-state index is 0.0298. The lowest BCUT2D eigenvalue weighted by molar-refractivity contribution is -0.121. The van der Waals surface area contributed by atoms with Crippen molar-refractivity contribution in [1.29, 1.82) is 0 Å². The van der Waals surface area contributed by atoms with E-state index in [4.69, 9.17) is 0 Å². The van der Waals surface area contributed by atoms with Crippen molar-refractivity contribution in [1.82, 2.24) is 20.6 Å². The van der Waals surface area contributed by atoms with E-state index in [9.17, 15) is 9.90 Å². The van der Waals surface area contributed by atoms with Gasteiger partial charge in [0, 0.05) is 44.1 Å². The summed E-state index contributed by atoms with van der Waals surface area (Å²) in [6.07, 6.45) is 3.79. The monoisotopic (exact) mass is 300 g/mol. The zero-order valence-electron chi connectivity index (χ0n) is 12.5. The number of hydrogen-bond acceptors (Lipinski definition) is 5. The summed E-state index contributed by atoms with van der Waals surface area (Å²) in [6.45, 7) is 3.30. The molecule has 2 aromatic rings. The Balaban J connectivity index is 1.66. The van der Waals surface area contributed by atoms with Gasteiger partial charge in [-0.25, -0.2) is 0 Å². The van der Waals surface area contributed by atoms with Crippen LogP contribution in [0.3, 0.4) is 0 Å². The first-order valence-corrected chi connectivity index (χ1v) is 7.17. The number of aromatic nitrogens is 2. The SMILES string of the molecule is Cc1ccc(O)c(CNCCC(=O)NCc2cccnc2)n1. The van der Waals surface area contributed by atoms with Crippen LogP contribution in [0.15, 0.2) is 36.7 Å². The Morgan fingerprint density at radius 3 is 2.91 bits per heavy atom. The molecule has 0 aliphatic rings. The molecule has 0 aliphatic carbocycles. The van der Waals surface area contributed by atoms with Gasteiger partial charge in [0.1, 0.15) is 5.75 Å². The average Bonchev–Trinajstić information content (AvgIpc) is 2.53. The Morgan fingerprint density at radius 2 is 2.14 bits per heavy atom. The Bertz CT molecular complexity index is 617. The lowest BCUT2D eigenvalue weighted by atomic mass is 10.2. The number of carbonyl (C=O) groups excluding carboxylic acids is 1. The molecular weight excluding hydrogens is 280 g/mol. The summed E-state index contributed by atoms with van der Waals surface area (Å²) in [7, 11) is 0. The molecule has 1 amide bonds. The smallest absolute Gasteiger partial charge is 0.221 e. The van der Waals surface area contributed by atoms with Crippen molar-refractivity contribution in [2.45, 2.75) is 26.4 Å². The minimum Gasteiger partial charge on any atom is -0.506 e. The first kappa shape index (κ1) is 15.9. The number of aryl methyl sites for hydroxylation is 1. The van der Waals surface area contributed by atoms with Crippen molar-refractivity contribution < 1.29 is 9.90 Å². The summed E-state index contributed by atoms with van der Waals surface area (Å²) < 4.78 is 0. The third-order valence-corrected chi connectivity index (χ3v) is 3.12. The molecule has 2 aromatic heterocycles. The highest BCUT2D eigenvalue weighted by Crippen LogP contribution is 2.13. The summed E-state index contributed by atoms with van der Waals surface area (Å²) in [5, 5.41) is 15.6. The first-order chi connectivity index (χ1) is 10.6. The highest BCUT2D eigenvalue weighted by Gasteiger charge is 2.04. The van der Waals surface area contributed by atoms with E-state index in [-0.39, 0.29) is 11.7 Å². The molecule has 0 saturated carbocycles. The second kappa shape index (κ2) is 8.09. The van der Waals surface area contributed by atoms with E-state index in [0.29, 0.717) is 31.7 Å². The summed E-state index contributed by atoms with van der Waals surface area (Å²) in [5.41, 5.74) is 2.41. The van der Waals surface area contributed by atoms with E-state index in [2.05, 4.69) is 20.6 Å². The van der Waals surface area contributed by atoms with Crippen LogP contribution < -0.4 is 10.6 Å². The molecular formula is C16H20N4O2. The van der Waals surface area contributed by atoms with Crippen LogP contribution >= 0.6 is 0 Å². The Labute approximate surface area is 129 Å². The Morgan fingerprint density at radius 1 is 1.27 bits per heavy atom. The summed E-state index contributed by atoms with van der Waals surface area (Å²) in [5.74, 6) is 0.136. The van der Waals surface area contributed by atoms with Gasteiger partial charge in [0.15, 0.2) is 0 Å². The fourth-order valence-electron chi connectivity index (χ4n) is 1.93. The van der Waals surface area contributed by atoms with Gasteiger partial charge in [0.2, 0.25) is 5.91 Å². The molecule has 0 aliphatic heterocycles. The molecule has 0 fully saturated rings. The van der Waals surface area contributed by atoms with Crippen LogP contribution in [0.2, 0.25) is 0 Å². The van der Waals surface area contributed by atoms with Gasteiger partial charge in [-0.1, -0.05) is 6.07 Å². The highest BCUT2D eigenvalue weighted by atomic mass is 16.3. The van der Waals surface area contributed by atoms with Crippen molar-refractivity contribution in [3.8, 4) is 5.75 Å². The van der Waals surface area contributed by atoms with Gasteiger partial charge in [-0.05, 0) is 30.7 Å². The molecule has 0 radical (unpaired) electrons.